The van der Waals surface area contributed by atoms with E-state index in [-0.39, 0.29) is 6.54 Å². The lowest BCUT2D eigenvalue weighted by atomic mass is 10.2. The van der Waals surface area contributed by atoms with Gasteiger partial charge >= 0.3 is 0 Å². The Balaban J connectivity index is 2.09. The molecule has 0 fully saturated rings. The third kappa shape index (κ3) is 3.84. The Morgan fingerprint density at radius 1 is 1.19 bits per heavy atom. The Kier molecular flexibility index (Phi) is 4.98. The second-order valence-electron chi connectivity index (χ2n) is 4.66. The number of hydrogen-bond acceptors (Lipinski definition) is 3. The van der Waals surface area contributed by atoms with Gasteiger partial charge in [-0.15, -0.1) is 0 Å². The van der Waals surface area contributed by atoms with Crippen LogP contribution in [0.2, 0.25) is 0 Å². The first kappa shape index (κ1) is 15.1. The van der Waals surface area contributed by atoms with Crippen LogP contribution in [0.1, 0.15) is 18.9 Å². The smallest absolute Gasteiger partial charge is 0.144 e. The summed E-state index contributed by atoms with van der Waals surface area (Å²) in [6.45, 7) is 2.81. The number of benzene rings is 2. The summed E-state index contributed by atoms with van der Waals surface area (Å²) in [6.07, 6.45) is 0.887. The highest BCUT2D eigenvalue weighted by molar-refractivity contribution is 5.72. The predicted molar refractivity (Wildman–Crippen MR) is 80.3 cm³/mol. The van der Waals surface area contributed by atoms with E-state index in [4.69, 9.17) is 10.5 Å². The topological polar surface area (TPSA) is 47.3 Å². The highest BCUT2D eigenvalue weighted by Crippen LogP contribution is 2.30. The zero-order chi connectivity index (χ0) is 15.2. The van der Waals surface area contributed by atoms with Crippen LogP contribution >= 0.6 is 0 Å². The molecule has 0 heterocycles. The van der Waals surface area contributed by atoms with Crippen molar-refractivity contribution in [2.24, 2.45) is 0 Å². The van der Waals surface area contributed by atoms with Crippen LogP contribution in [-0.2, 0) is 6.54 Å². The molecule has 0 saturated heterocycles. The molecule has 0 aliphatic rings. The lowest BCUT2D eigenvalue weighted by molar-refractivity contribution is 0.319. The van der Waals surface area contributed by atoms with Gasteiger partial charge in [0.25, 0.3) is 0 Å². The summed E-state index contributed by atoms with van der Waals surface area (Å²) in [6, 6.07) is 8.88. The third-order valence-corrected chi connectivity index (χ3v) is 3.01. The number of halogens is 2. The lowest BCUT2D eigenvalue weighted by Crippen LogP contribution is -2.06. The maximum Gasteiger partial charge on any atom is 0.144 e. The zero-order valence-electron chi connectivity index (χ0n) is 11.8. The Morgan fingerprint density at radius 2 is 2.00 bits per heavy atom. The minimum atomic E-state index is -0.592. The van der Waals surface area contributed by atoms with Gasteiger partial charge in [0.05, 0.1) is 18.0 Å². The van der Waals surface area contributed by atoms with Gasteiger partial charge in [-0.05, 0) is 24.6 Å². The van der Waals surface area contributed by atoms with E-state index in [1.54, 1.807) is 12.1 Å². The van der Waals surface area contributed by atoms with E-state index in [0.717, 1.165) is 12.5 Å². The summed E-state index contributed by atoms with van der Waals surface area (Å²) in [5.74, 6) is -0.577. The van der Waals surface area contributed by atoms with Crippen molar-refractivity contribution in [2.45, 2.75) is 19.9 Å². The number of para-hydroxylation sites is 1. The fourth-order valence-corrected chi connectivity index (χ4v) is 1.89. The molecule has 0 unspecified atom stereocenters. The van der Waals surface area contributed by atoms with Crippen LogP contribution in [0.15, 0.2) is 36.4 Å². The monoisotopic (exact) mass is 292 g/mol. The number of nitrogen functional groups attached to an aromatic ring is 1. The Hall–Kier alpha value is -2.30. The molecule has 0 radical (unpaired) electrons. The molecule has 0 aliphatic carbocycles. The molecular formula is C16H18F2N2O. The molecule has 112 valence electrons. The van der Waals surface area contributed by atoms with Gasteiger partial charge in [0.2, 0.25) is 0 Å². The van der Waals surface area contributed by atoms with Crippen LogP contribution in [0.5, 0.6) is 5.75 Å². The van der Waals surface area contributed by atoms with E-state index < -0.39 is 11.6 Å². The molecule has 0 bridgehead atoms. The molecule has 5 heteroatoms. The van der Waals surface area contributed by atoms with Gasteiger partial charge in [0, 0.05) is 18.2 Å². The van der Waals surface area contributed by atoms with Crippen LogP contribution in [0, 0.1) is 11.6 Å². The highest BCUT2D eigenvalue weighted by atomic mass is 19.1. The van der Waals surface area contributed by atoms with E-state index in [1.165, 1.54) is 12.1 Å². The van der Waals surface area contributed by atoms with E-state index in [9.17, 15) is 8.78 Å². The van der Waals surface area contributed by atoms with E-state index >= 15 is 0 Å². The molecule has 21 heavy (non-hydrogen) atoms. The third-order valence-electron chi connectivity index (χ3n) is 3.01. The molecule has 0 amide bonds. The van der Waals surface area contributed by atoms with Crippen molar-refractivity contribution in [3.63, 3.8) is 0 Å². The summed E-state index contributed by atoms with van der Waals surface area (Å²) < 4.78 is 31.9. The quantitative estimate of drug-likeness (QED) is 0.793. The second-order valence-corrected chi connectivity index (χ2v) is 4.66. The molecule has 0 saturated carbocycles. The number of hydrogen-bond donors (Lipinski definition) is 2. The predicted octanol–water partition coefficient (Wildman–Crippen LogP) is 3.95. The average Bonchev–Trinajstić information content (AvgIpc) is 2.46. The normalized spacial score (nSPS) is 10.4. The van der Waals surface area contributed by atoms with Gasteiger partial charge in [0.1, 0.15) is 17.4 Å². The van der Waals surface area contributed by atoms with Crippen molar-refractivity contribution in [3.05, 3.63) is 53.6 Å². The number of nitrogens with one attached hydrogen (secondary N) is 1. The molecule has 2 aromatic carbocycles. The number of nitrogens with two attached hydrogens (primary N) is 1. The molecule has 2 rings (SSSR count). The van der Waals surface area contributed by atoms with E-state index in [0.29, 0.717) is 29.3 Å². The van der Waals surface area contributed by atoms with Gasteiger partial charge in [-0.3, -0.25) is 0 Å². The molecule has 0 aliphatic heterocycles. The highest BCUT2D eigenvalue weighted by Gasteiger charge is 2.08. The van der Waals surface area contributed by atoms with Gasteiger partial charge in [-0.1, -0.05) is 19.1 Å². The van der Waals surface area contributed by atoms with Crippen molar-refractivity contribution in [2.75, 3.05) is 17.7 Å². The largest absolute Gasteiger partial charge is 0.491 e. The summed E-state index contributed by atoms with van der Waals surface area (Å²) in [5.41, 5.74) is 7.52. The van der Waals surface area contributed by atoms with Crippen LogP contribution in [-0.4, -0.2) is 6.61 Å². The maximum absolute atomic E-state index is 13.6. The molecule has 0 spiro atoms. The van der Waals surface area contributed by atoms with E-state index in [2.05, 4.69) is 5.32 Å². The van der Waals surface area contributed by atoms with E-state index in [1.807, 2.05) is 13.0 Å². The van der Waals surface area contributed by atoms with Crippen molar-refractivity contribution in [1.29, 1.82) is 0 Å². The molecule has 0 atom stereocenters. The Bertz CT molecular complexity index is 617. The Morgan fingerprint density at radius 3 is 2.71 bits per heavy atom. The molecule has 2 aromatic rings. The van der Waals surface area contributed by atoms with Crippen LogP contribution in [0.25, 0.3) is 0 Å². The second kappa shape index (κ2) is 6.92. The van der Waals surface area contributed by atoms with Crippen molar-refractivity contribution in [1.82, 2.24) is 0 Å². The lowest BCUT2D eigenvalue weighted by Gasteiger charge is -2.14. The summed E-state index contributed by atoms with van der Waals surface area (Å²) in [5, 5.41) is 3.04. The molecule has 3 N–H and O–H groups in total. The Labute approximate surface area is 122 Å². The van der Waals surface area contributed by atoms with Gasteiger partial charge in [-0.25, -0.2) is 8.78 Å². The number of ether oxygens (including phenoxy) is 1. The van der Waals surface area contributed by atoms with Crippen LogP contribution < -0.4 is 15.8 Å². The van der Waals surface area contributed by atoms with Crippen molar-refractivity contribution >= 4 is 11.4 Å². The van der Waals surface area contributed by atoms with Crippen LogP contribution in [0.3, 0.4) is 0 Å². The fourth-order valence-electron chi connectivity index (χ4n) is 1.89. The minimum Gasteiger partial charge on any atom is -0.491 e. The van der Waals surface area contributed by atoms with Crippen molar-refractivity contribution in [3.8, 4) is 5.75 Å². The molecule has 0 aromatic heterocycles. The maximum atomic E-state index is 13.6. The average molecular weight is 292 g/mol. The van der Waals surface area contributed by atoms with Gasteiger partial charge < -0.3 is 15.8 Å². The van der Waals surface area contributed by atoms with Crippen LogP contribution in [0.4, 0.5) is 20.2 Å². The SMILES string of the molecule is CCCOc1cccc(NCc2ccc(F)cc2F)c1N. The first-order valence-electron chi connectivity index (χ1n) is 6.81. The van der Waals surface area contributed by atoms with Crippen molar-refractivity contribution < 1.29 is 13.5 Å². The summed E-state index contributed by atoms with van der Waals surface area (Å²) in [4.78, 5) is 0. The molecule has 3 nitrogen and oxygen atoms in total. The van der Waals surface area contributed by atoms with Gasteiger partial charge in [-0.2, -0.15) is 0 Å². The standard InChI is InChI=1S/C16H18F2N2O/c1-2-8-21-15-5-3-4-14(16(15)19)20-10-11-6-7-12(17)9-13(11)18/h3-7,9,20H,2,8,10,19H2,1H3. The summed E-state index contributed by atoms with van der Waals surface area (Å²) >= 11 is 0. The zero-order valence-corrected chi connectivity index (χ0v) is 11.8. The number of anilines is 2. The van der Waals surface area contributed by atoms with Gasteiger partial charge in [0.15, 0.2) is 0 Å². The fraction of sp³-hybridized carbons (Fsp3) is 0.250. The molecular weight excluding hydrogens is 274 g/mol. The first-order chi connectivity index (χ1) is 10.1. The number of rotatable bonds is 6. The first-order valence-corrected chi connectivity index (χ1v) is 6.81. The minimum absolute atomic E-state index is 0.216. The summed E-state index contributed by atoms with van der Waals surface area (Å²) in [7, 11) is 0.